The lowest BCUT2D eigenvalue weighted by molar-refractivity contribution is 0.974. The molecule has 12 heteroatoms. The van der Waals surface area contributed by atoms with Crippen molar-refractivity contribution in [1.82, 2.24) is 39.9 Å². The van der Waals surface area contributed by atoms with Gasteiger partial charge in [0.15, 0.2) is 11.6 Å². The molecule has 0 amide bonds. The fourth-order valence-electron chi connectivity index (χ4n) is 7.22. The molecule has 6 aromatic heterocycles. The molecular weight excluding hydrogens is 1040 g/mol. The molecule has 404 valence electrons. The Morgan fingerprint density at radius 1 is 0.354 bits per heavy atom. The van der Waals surface area contributed by atoms with Gasteiger partial charge in [-0.2, -0.15) is 11.3 Å². The quantitative estimate of drug-likeness (QED) is 0.152. The maximum absolute atomic E-state index is 4.55. The number of rotatable bonds is 6. The van der Waals surface area contributed by atoms with Gasteiger partial charge in [-0.05, 0) is 146 Å². The van der Waals surface area contributed by atoms with Crippen molar-refractivity contribution in [2.45, 2.75) is 87.7 Å². The second-order valence-electron chi connectivity index (χ2n) is 20.7. The molecule has 0 radical (unpaired) electrons. The van der Waals surface area contributed by atoms with Crippen LogP contribution >= 0.6 is 22.7 Å². The van der Waals surface area contributed by atoms with E-state index in [9.17, 15) is 0 Å². The monoisotopic (exact) mass is 1110 g/mol. The van der Waals surface area contributed by atoms with Gasteiger partial charge in [-0.3, -0.25) is 9.97 Å². The van der Waals surface area contributed by atoms with Crippen molar-refractivity contribution < 1.29 is 0 Å². The summed E-state index contributed by atoms with van der Waals surface area (Å²) in [5.41, 5.74) is 12.2. The first-order valence-electron chi connectivity index (χ1n) is 26.3. The summed E-state index contributed by atoms with van der Waals surface area (Å²) in [6.45, 7) is 28.5. The van der Waals surface area contributed by atoms with Gasteiger partial charge in [-0.25, -0.2) is 29.9 Å². The van der Waals surface area contributed by atoms with Crippen LogP contribution in [-0.2, 0) is 0 Å². The molecule has 0 aliphatic rings. The van der Waals surface area contributed by atoms with Crippen LogP contribution in [0.25, 0.3) is 45.0 Å². The molecule has 11 aromatic rings. The number of aryl methyl sites for hydroxylation is 7. The number of hydrogen-bond acceptors (Lipinski definition) is 10. The Bertz CT molecular complexity index is 3120. The third-order valence-electron chi connectivity index (χ3n) is 11.7. The van der Waals surface area contributed by atoms with E-state index < -0.39 is 16.1 Å². The molecule has 0 spiro atoms. The third-order valence-corrected chi connectivity index (χ3v) is 17.4. The van der Waals surface area contributed by atoms with Crippen molar-refractivity contribution in [2.75, 3.05) is 0 Å². The summed E-state index contributed by atoms with van der Waals surface area (Å²) in [6, 6.07) is 61.4. The molecule has 0 unspecified atom stereocenters. The summed E-state index contributed by atoms with van der Waals surface area (Å²) < 4.78 is 0. The van der Waals surface area contributed by atoms with Crippen LogP contribution in [0.3, 0.4) is 0 Å². The lowest BCUT2D eigenvalue weighted by atomic mass is 9.96. The highest BCUT2D eigenvalue weighted by molar-refractivity contribution is 7.09. The second-order valence-corrected chi connectivity index (χ2v) is 32.8. The summed E-state index contributed by atoms with van der Waals surface area (Å²) in [7, 11) is -2.50. The van der Waals surface area contributed by atoms with Gasteiger partial charge in [0.1, 0.15) is 24.3 Å². The minimum absolute atomic E-state index is 0.715. The minimum Gasteiger partial charge on any atom is -0.265 e. The summed E-state index contributed by atoms with van der Waals surface area (Å²) in [5.74, 6) is 2.92. The minimum atomic E-state index is -1.25. The fourth-order valence-corrected chi connectivity index (χ4v) is 10.7. The molecule has 79 heavy (non-hydrogen) atoms. The van der Waals surface area contributed by atoms with E-state index >= 15 is 0 Å². The number of pyridine rings is 2. The summed E-state index contributed by atoms with van der Waals surface area (Å²) in [5, 5.41) is 9.31. The van der Waals surface area contributed by atoms with Crippen LogP contribution in [0.1, 0.15) is 38.9 Å². The molecule has 0 atom stereocenters. The first-order chi connectivity index (χ1) is 37.8. The van der Waals surface area contributed by atoms with E-state index in [4.69, 9.17) is 0 Å². The average Bonchev–Trinajstić information content (AvgIpc) is 4.17. The average molecular weight is 1110 g/mol. The van der Waals surface area contributed by atoms with Gasteiger partial charge in [0, 0.05) is 40.3 Å². The van der Waals surface area contributed by atoms with Crippen molar-refractivity contribution >= 4 is 49.2 Å². The molecule has 11 rings (SSSR count). The lowest BCUT2D eigenvalue weighted by Gasteiger charge is -2.18. The molecule has 6 heterocycles. The van der Waals surface area contributed by atoms with Gasteiger partial charge in [-0.1, -0.05) is 183 Å². The lowest BCUT2D eigenvalue weighted by Crippen LogP contribution is -2.37. The van der Waals surface area contributed by atoms with E-state index in [0.717, 1.165) is 28.5 Å². The zero-order chi connectivity index (χ0) is 57.0. The molecule has 8 nitrogen and oxygen atoms in total. The molecule has 0 aliphatic heterocycles. The van der Waals surface area contributed by atoms with Gasteiger partial charge in [-0.15, -0.1) is 11.3 Å². The molecular formula is C67H76N8S2Si2. The van der Waals surface area contributed by atoms with Crippen LogP contribution in [0.5, 0.6) is 0 Å². The Labute approximate surface area is 481 Å². The van der Waals surface area contributed by atoms with E-state index in [-0.39, 0.29) is 0 Å². The number of benzene rings is 5. The van der Waals surface area contributed by atoms with Crippen LogP contribution < -0.4 is 10.4 Å². The maximum atomic E-state index is 4.55. The highest BCUT2D eigenvalue weighted by atomic mass is 32.1. The van der Waals surface area contributed by atoms with E-state index in [1.54, 1.807) is 41.3 Å². The predicted octanol–water partition coefficient (Wildman–Crippen LogP) is 17.0. The molecule has 0 aliphatic carbocycles. The Hall–Kier alpha value is -7.75. The molecule has 0 N–H and O–H groups in total. The van der Waals surface area contributed by atoms with Crippen molar-refractivity contribution in [3.8, 4) is 45.0 Å². The molecule has 0 saturated carbocycles. The summed E-state index contributed by atoms with van der Waals surface area (Å²) >= 11 is 3.52. The van der Waals surface area contributed by atoms with Crippen molar-refractivity contribution in [3.05, 3.63) is 262 Å². The zero-order valence-electron chi connectivity index (χ0n) is 48.3. The topological polar surface area (TPSA) is 103 Å². The van der Waals surface area contributed by atoms with Crippen LogP contribution in [0.4, 0.5) is 0 Å². The Balaban J connectivity index is 0.000000189. The largest absolute Gasteiger partial charge is 0.265 e. The number of thiophene rings is 2. The van der Waals surface area contributed by atoms with E-state index in [1.165, 1.54) is 66.8 Å². The third kappa shape index (κ3) is 23.4. The number of aromatic nitrogens is 8. The van der Waals surface area contributed by atoms with Crippen molar-refractivity contribution in [3.63, 3.8) is 0 Å². The van der Waals surface area contributed by atoms with Crippen molar-refractivity contribution in [1.29, 1.82) is 0 Å². The summed E-state index contributed by atoms with van der Waals surface area (Å²) in [4.78, 5) is 33.7. The SMILES string of the molecule is Cc1cc(-c2ccc([Si](C)(C)C)cc2)cc(-c2ccc([Si](C)(C)C)cc2)c1.Cc1ccccn1.Cc1cccs1.Cc1ccncc1.Cc1ccsc1.Cc1nc(-c2ccccc2)nc(-c2ccccc2)n1.Cc1ncncn1. The Kier molecular flexibility index (Phi) is 25.3. The highest BCUT2D eigenvalue weighted by Gasteiger charge is 2.17. The predicted molar refractivity (Wildman–Crippen MR) is 344 cm³/mol. The van der Waals surface area contributed by atoms with Gasteiger partial charge in [0.2, 0.25) is 0 Å². The zero-order valence-corrected chi connectivity index (χ0v) is 51.9. The molecule has 0 bridgehead atoms. The standard InChI is InChI=1S/C25H32Si2.C16H13N3.2C6H7N.2C5H6S.C4H5N3/c1-19-16-22(20-8-12-24(13-9-20)26(2,3)4)18-23(17-19)21-10-14-25(15-11-21)27(5,6)7;1-12-17-15(13-8-4-2-5-9-13)19-16(18-12)14-10-6-3-7-11-14;1-6-2-4-7-5-3-6;1-6-4-2-3-5-7-6;1-5-2-3-6-4-5;1-5-3-2-4-6-5;1-4-6-2-5-3-7-4/h8-18H,1-7H3;2-11H,1H3;2*2-5H,1H3;2*2-4H,1H3;2-3H,1H3. The van der Waals surface area contributed by atoms with Gasteiger partial charge < -0.3 is 0 Å². The normalized spacial score (nSPS) is 10.3. The van der Waals surface area contributed by atoms with Gasteiger partial charge >= 0.3 is 0 Å². The van der Waals surface area contributed by atoms with Crippen LogP contribution in [0, 0.1) is 48.5 Å². The van der Waals surface area contributed by atoms with Crippen LogP contribution in [-0.4, -0.2) is 56.0 Å². The van der Waals surface area contributed by atoms with Crippen LogP contribution in [0.2, 0.25) is 39.3 Å². The Morgan fingerprint density at radius 2 is 0.861 bits per heavy atom. The fraction of sp³-hybridized carbons (Fsp3) is 0.194. The van der Waals surface area contributed by atoms with Crippen LogP contribution in [0.15, 0.2) is 223 Å². The summed E-state index contributed by atoms with van der Waals surface area (Å²) in [6.07, 6.45) is 8.31. The maximum Gasteiger partial charge on any atom is 0.163 e. The smallest absolute Gasteiger partial charge is 0.163 e. The van der Waals surface area contributed by atoms with Gasteiger partial charge in [0.05, 0.1) is 16.1 Å². The number of nitrogens with zero attached hydrogens (tertiary/aromatic N) is 8. The van der Waals surface area contributed by atoms with E-state index in [2.05, 4.69) is 201 Å². The Morgan fingerprint density at radius 3 is 1.16 bits per heavy atom. The van der Waals surface area contributed by atoms with E-state index in [1.807, 2.05) is 119 Å². The molecule has 0 fully saturated rings. The number of hydrogen-bond donors (Lipinski definition) is 0. The first-order valence-corrected chi connectivity index (χ1v) is 35.1. The molecule has 5 aromatic carbocycles. The highest BCUT2D eigenvalue weighted by Crippen LogP contribution is 2.28. The molecule has 0 saturated heterocycles. The first kappa shape index (κ1) is 62.1. The van der Waals surface area contributed by atoms with Gasteiger partial charge in [0.25, 0.3) is 0 Å². The van der Waals surface area contributed by atoms with Crippen molar-refractivity contribution in [2.24, 2.45) is 0 Å². The second kappa shape index (κ2) is 32.2. The van der Waals surface area contributed by atoms with E-state index in [0.29, 0.717) is 11.6 Å².